The lowest BCUT2D eigenvalue weighted by Crippen LogP contribution is -2.44. The van der Waals surface area contributed by atoms with Crippen molar-refractivity contribution in [1.29, 1.82) is 0 Å². The van der Waals surface area contributed by atoms with Crippen molar-refractivity contribution in [2.24, 2.45) is 0 Å². The highest BCUT2D eigenvalue weighted by Crippen LogP contribution is 2.32. The molecule has 1 aliphatic heterocycles. The van der Waals surface area contributed by atoms with Crippen LogP contribution in [0.1, 0.15) is 25.7 Å². The fraction of sp³-hybridized carbons (Fsp3) is 0.571. The number of hydrogen-bond donors (Lipinski definition) is 1. The number of benzene rings is 1. The smallest absolute Gasteiger partial charge is 0.244 e. The van der Waals surface area contributed by atoms with Crippen LogP contribution in [0.2, 0.25) is 0 Å². The van der Waals surface area contributed by atoms with Crippen LogP contribution in [-0.2, 0) is 10.0 Å². The maximum Gasteiger partial charge on any atom is 0.244 e. The molecule has 1 saturated heterocycles. The van der Waals surface area contributed by atoms with Crippen LogP contribution in [0, 0.1) is 0 Å². The minimum Gasteiger partial charge on any atom is -0.320 e. The molecule has 2 rings (SSSR count). The first-order chi connectivity index (χ1) is 9.96. The van der Waals surface area contributed by atoms with E-state index in [-0.39, 0.29) is 6.04 Å². The second kappa shape index (κ2) is 7.55. The summed E-state index contributed by atoms with van der Waals surface area (Å²) in [6.07, 6.45) is 3.81. The molecule has 21 heavy (non-hydrogen) atoms. The van der Waals surface area contributed by atoms with Gasteiger partial charge in [0.15, 0.2) is 0 Å². The SMILES string of the molecule is CNCCC1CCCCN1S(=O)(=O)c1cc(Br)ccc1Br. The van der Waals surface area contributed by atoms with Crippen LogP contribution >= 0.6 is 31.9 Å². The number of rotatable bonds is 5. The van der Waals surface area contributed by atoms with Crippen molar-refractivity contribution >= 4 is 41.9 Å². The van der Waals surface area contributed by atoms with Gasteiger partial charge in [-0.3, -0.25) is 0 Å². The highest BCUT2D eigenvalue weighted by atomic mass is 79.9. The Kier molecular flexibility index (Phi) is 6.25. The van der Waals surface area contributed by atoms with Crippen molar-refractivity contribution in [2.45, 2.75) is 36.6 Å². The van der Waals surface area contributed by atoms with Gasteiger partial charge in [-0.25, -0.2) is 8.42 Å². The minimum atomic E-state index is -3.47. The van der Waals surface area contributed by atoms with E-state index in [1.54, 1.807) is 16.4 Å². The molecule has 1 unspecified atom stereocenters. The zero-order chi connectivity index (χ0) is 15.5. The predicted molar refractivity (Wildman–Crippen MR) is 91.9 cm³/mol. The molecular formula is C14H20Br2N2O2S. The summed E-state index contributed by atoms with van der Waals surface area (Å²) >= 11 is 6.72. The zero-order valence-electron chi connectivity index (χ0n) is 12.0. The van der Waals surface area contributed by atoms with Gasteiger partial charge >= 0.3 is 0 Å². The molecule has 0 saturated carbocycles. The number of nitrogens with one attached hydrogen (secondary N) is 1. The van der Waals surface area contributed by atoms with Gasteiger partial charge in [-0.15, -0.1) is 0 Å². The van der Waals surface area contributed by atoms with E-state index in [0.717, 1.165) is 36.7 Å². The topological polar surface area (TPSA) is 49.4 Å². The highest BCUT2D eigenvalue weighted by molar-refractivity contribution is 9.11. The first-order valence-electron chi connectivity index (χ1n) is 7.08. The lowest BCUT2D eigenvalue weighted by Gasteiger charge is -2.35. The van der Waals surface area contributed by atoms with Crippen LogP contribution in [0.25, 0.3) is 0 Å². The Hall–Kier alpha value is 0.0500. The molecule has 0 spiro atoms. The van der Waals surface area contributed by atoms with Gasteiger partial charge in [0.1, 0.15) is 0 Å². The van der Waals surface area contributed by atoms with E-state index < -0.39 is 10.0 Å². The van der Waals surface area contributed by atoms with Crippen LogP contribution in [0.4, 0.5) is 0 Å². The van der Waals surface area contributed by atoms with E-state index in [1.807, 2.05) is 13.1 Å². The molecule has 0 aromatic heterocycles. The van der Waals surface area contributed by atoms with E-state index >= 15 is 0 Å². The monoisotopic (exact) mass is 438 g/mol. The summed E-state index contributed by atoms with van der Waals surface area (Å²) in [6, 6.07) is 5.35. The molecule has 0 amide bonds. The minimum absolute atomic E-state index is 0.0853. The van der Waals surface area contributed by atoms with Gasteiger partial charge in [-0.05, 0) is 67.0 Å². The molecule has 1 heterocycles. The summed E-state index contributed by atoms with van der Waals surface area (Å²) in [5, 5.41) is 3.11. The summed E-state index contributed by atoms with van der Waals surface area (Å²) in [4.78, 5) is 0.341. The van der Waals surface area contributed by atoms with Crippen LogP contribution in [0.15, 0.2) is 32.0 Å². The van der Waals surface area contributed by atoms with Crippen molar-refractivity contribution in [3.05, 3.63) is 27.1 Å². The second-order valence-electron chi connectivity index (χ2n) is 5.23. The van der Waals surface area contributed by atoms with E-state index in [0.29, 0.717) is 15.9 Å². The van der Waals surface area contributed by atoms with Crippen molar-refractivity contribution in [3.63, 3.8) is 0 Å². The van der Waals surface area contributed by atoms with E-state index in [2.05, 4.69) is 37.2 Å². The number of halogens is 2. The van der Waals surface area contributed by atoms with Gasteiger partial charge in [0.25, 0.3) is 0 Å². The molecule has 0 bridgehead atoms. The van der Waals surface area contributed by atoms with Crippen LogP contribution in [0.3, 0.4) is 0 Å². The number of sulfonamides is 1. The van der Waals surface area contributed by atoms with Gasteiger partial charge in [0.05, 0.1) is 4.90 Å². The molecule has 1 fully saturated rings. The summed E-state index contributed by atoms with van der Waals surface area (Å²) < 4.78 is 29.0. The lowest BCUT2D eigenvalue weighted by molar-refractivity contribution is 0.240. The Morgan fingerprint density at radius 3 is 2.81 bits per heavy atom. The van der Waals surface area contributed by atoms with Crippen molar-refractivity contribution < 1.29 is 8.42 Å². The highest BCUT2D eigenvalue weighted by Gasteiger charge is 2.34. The molecule has 1 N–H and O–H groups in total. The standard InChI is InChI=1S/C14H20Br2N2O2S/c1-17-8-7-12-4-2-3-9-18(12)21(19,20)14-10-11(15)5-6-13(14)16/h5-6,10,12,17H,2-4,7-9H2,1H3. The molecule has 0 radical (unpaired) electrons. The summed E-state index contributed by atoms with van der Waals surface area (Å²) in [5.74, 6) is 0. The molecule has 1 aromatic carbocycles. The van der Waals surface area contributed by atoms with Gasteiger partial charge in [-0.2, -0.15) is 4.31 Å². The molecule has 0 aliphatic carbocycles. The average Bonchev–Trinajstić information content (AvgIpc) is 2.47. The van der Waals surface area contributed by atoms with Crippen LogP contribution < -0.4 is 5.32 Å². The van der Waals surface area contributed by atoms with Crippen molar-refractivity contribution in [1.82, 2.24) is 9.62 Å². The number of piperidine rings is 1. The van der Waals surface area contributed by atoms with Crippen LogP contribution in [0.5, 0.6) is 0 Å². The number of hydrogen-bond acceptors (Lipinski definition) is 3. The summed E-state index contributed by atoms with van der Waals surface area (Å²) in [6.45, 7) is 1.44. The summed E-state index contributed by atoms with van der Waals surface area (Å²) in [7, 11) is -1.57. The normalized spacial score (nSPS) is 20.6. The second-order valence-corrected chi connectivity index (χ2v) is 8.86. The first-order valence-corrected chi connectivity index (χ1v) is 10.1. The van der Waals surface area contributed by atoms with E-state index in [4.69, 9.17) is 0 Å². The number of nitrogens with zero attached hydrogens (tertiary/aromatic N) is 1. The Morgan fingerprint density at radius 2 is 2.10 bits per heavy atom. The van der Waals surface area contributed by atoms with Crippen molar-refractivity contribution in [3.8, 4) is 0 Å². The quantitative estimate of drug-likeness (QED) is 0.765. The molecule has 7 heteroatoms. The molecule has 4 nitrogen and oxygen atoms in total. The Balaban J connectivity index is 2.33. The maximum absolute atomic E-state index is 13.0. The molecule has 1 atom stereocenters. The average molecular weight is 440 g/mol. The van der Waals surface area contributed by atoms with Gasteiger partial charge in [-0.1, -0.05) is 22.4 Å². The lowest BCUT2D eigenvalue weighted by atomic mass is 10.0. The van der Waals surface area contributed by atoms with Gasteiger partial charge in [0, 0.05) is 21.5 Å². The van der Waals surface area contributed by atoms with Gasteiger partial charge < -0.3 is 5.32 Å². The fourth-order valence-electron chi connectivity index (χ4n) is 2.69. The van der Waals surface area contributed by atoms with E-state index in [1.165, 1.54) is 0 Å². The van der Waals surface area contributed by atoms with E-state index in [9.17, 15) is 8.42 Å². The molecule has 1 aromatic rings. The third-order valence-electron chi connectivity index (χ3n) is 3.78. The molecule has 118 valence electrons. The largest absolute Gasteiger partial charge is 0.320 e. The first kappa shape index (κ1) is 17.4. The fourth-order valence-corrected chi connectivity index (χ4v) is 5.88. The predicted octanol–water partition coefficient (Wildman–Crippen LogP) is 3.36. The zero-order valence-corrected chi connectivity index (χ0v) is 16.0. The van der Waals surface area contributed by atoms with Gasteiger partial charge in [0.2, 0.25) is 10.0 Å². The summed E-state index contributed by atoms with van der Waals surface area (Å²) in [5.41, 5.74) is 0. The third-order valence-corrected chi connectivity index (χ3v) is 7.22. The Bertz CT molecular complexity index is 593. The van der Waals surface area contributed by atoms with Crippen molar-refractivity contribution in [2.75, 3.05) is 20.1 Å². The molecule has 1 aliphatic rings. The maximum atomic E-state index is 13.0. The third kappa shape index (κ3) is 4.07. The van der Waals surface area contributed by atoms with Crippen LogP contribution in [-0.4, -0.2) is 38.9 Å². The molecular weight excluding hydrogens is 420 g/mol. The Morgan fingerprint density at radius 1 is 1.33 bits per heavy atom. The Labute approximate surface area is 143 Å².